The van der Waals surface area contributed by atoms with Gasteiger partial charge in [0.2, 0.25) is 0 Å². The second-order valence-electron chi connectivity index (χ2n) is 4.60. The number of carbonyl (C=O) groups excluding carboxylic acids is 1. The molecule has 1 heterocycles. The van der Waals surface area contributed by atoms with Crippen LogP contribution in [0.1, 0.15) is 23.2 Å². The minimum Gasteiger partial charge on any atom is -0.478 e. The molecular weight excluding hydrogens is 319 g/mol. The Morgan fingerprint density at radius 1 is 1.24 bits per heavy atom. The smallest absolute Gasteiger partial charge is 0.337 e. The molecule has 2 rings (SSSR count). The average molecular weight is 333 g/mol. The van der Waals surface area contributed by atoms with Crippen molar-refractivity contribution in [1.29, 1.82) is 0 Å². The third-order valence-corrected chi connectivity index (χ3v) is 3.60. The standard InChI is InChI=1S/C13H14Cl2N2O4/c14-7-5-9(12(18)19)11(10(15)6-7)17-13(20)16-8-1-3-21-4-2-8/h5-6,8H,1-4H2,(H,18,19)(H2,16,17,20). The first-order valence-electron chi connectivity index (χ1n) is 6.35. The first kappa shape index (κ1) is 15.9. The maximum absolute atomic E-state index is 11.9. The Balaban J connectivity index is 2.11. The van der Waals surface area contributed by atoms with Crippen molar-refractivity contribution in [2.45, 2.75) is 18.9 Å². The van der Waals surface area contributed by atoms with Gasteiger partial charge in [-0.2, -0.15) is 0 Å². The number of carboxylic acids is 1. The second-order valence-corrected chi connectivity index (χ2v) is 5.44. The van der Waals surface area contributed by atoms with Crippen LogP contribution in [0.15, 0.2) is 12.1 Å². The first-order valence-corrected chi connectivity index (χ1v) is 7.10. The van der Waals surface area contributed by atoms with Gasteiger partial charge in [0.15, 0.2) is 0 Å². The van der Waals surface area contributed by atoms with Gasteiger partial charge in [-0.3, -0.25) is 0 Å². The summed E-state index contributed by atoms with van der Waals surface area (Å²) < 4.78 is 5.20. The van der Waals surface area contributed by atoms with E-state index < -0.39 is 12.0 Å². The van der Waals surface area contributed by atoms with E-state index in [1.165, 1.54) is 12.1 Å². The average Bonchev–Trinajstić information content (AvgIpc) is 2.42. The molecular formula is C13H14Cl2N2O4. The van der Waals surface area contributed by atoms with E-state index >= 15 is 0 Å². The van der Waals surface area contributed by atoms with Gasteiger partial charge >= 0.3 is 12.0 Å². The number of benzene rings is 1. The van der Waals surface area contributed by atoms with Gasteiger partial charge in [0.05, 0.1) is 16.3 Å². The number of nitrogens with one attached hydrogen (secondary N) is 2. The molecule has 0 spiro atoms. The van der Waals surface area contributed by atoms with E-state index in [0.29, 0.717) is 26.1 Å². The Kier molecular flexibility index (Phi) is 5.27. The number of aromatic carboxylic acids is 1. The molecule has 114 valence electrons. The van der Waals surface area contributed by atoms with E-state index in [1.54, 1.807) is 0 Å². The number of carboxylic acid groups (broad SMARTS) is 1. The molecule has 1 saturated heterocycles. The van der Waals surface area contributed by atoms with Crippen LogP contribution in [0.25, 0.3) is 0 Å². The number of ether oxygens (including phenoxy) is 1. The zero-order chi connectivity index (χ0) is 15.4. The van der Waals surface area contributed by atoms with Crippen molar-refractivity contribution in [2.75, 3.05) is 18.5 Å². The molecule has 0 atom stereocenters. The molecule has 3 N–H and O–H groups in total. The molecule has 0 aliphatic carbocycles. The number of halogens is 2. The zero-order valence-corrected chi connectivity index (χ0v) is 12.5. The highest BCUT2D eigenvalue weighted by atomic mass is 35.5. The van der Waals surface area contributed by atoms with Gasteiger partial charge in [0, 0.05) is 24.3 Å². The van der Waals surface area contributed by atoms with Crippen LogP contribution in [0.2, 0.25) is 10.0 Å². The van der Waals surface area contributed by atoms with Gasteiger partial charge in [0.1, 0.15) is 0 Å². The Bertz CT molecular complexity index is 559. The molecule has 1 fully saturated rings. The third kappa shape index (κ3) is 4.23. The summed E-state index contributed by atoms with van der Waals surface area (Å²) >= 11 is 11.7. The Morgan fingerprint density at radius 2 is 1.90 bits per heavy atom. The highest BCUT2D eigenvalue weighted by Gasteiger charge is 2.20. The summed E-state index contributed by atoms with van der Waals surface area (Å²) in [7, 11) is 0. The summed E-state index contributed by atoms with van der Waals surface area (Å²) in [5, 5.41) is 14.6. The molecule has 0 radical (unpaired) electrons. The Morgan fingerprint density at radius 3 is 2.52 bits per heavy atom. The fraction of sp³-hybridized carbons (Fsp3) is 0.385. The maximum Gasteiger partial charge on any atom is 0.337 e. The molecule has 8 heteroatoms. The lowest BCUT2D eigenvalue weighted by Gasteiger charge is -2.23. The second kappa shape index (κ2) is 6.98. The van der Waals surface area contributed by atoms with Crippen LogP contribution in [0, 0.1) is 0 Å². The Hall–Kier alpha value is -1.50. The highest BCUT2D eigenvalue weighted by molar-refractivity contribution is 6.37. The lowest BCUT2D eigenvalue weighted by Crippen LogP contribution is -2.41. The van der Waals surface area contributed by atoms with E-state index in [0.717, 1.165) is 0 Å². The number of urea groups is 1. The topological polar surface area (TPSA) is 87.7 Å². The van der Waals surface area contributed by atoms with Crippen molar-refractivity contribution in [3.05, 3.63) is 27.7 Å². The summed E-state index contributed by atoms with van der Waals surface area (Å²) in [6.07, 6.45) is 1.43. The maximum atomic E-state index is 11.9. The number of amides is 2. The van der Waals surface area contributed by atoms with E-state index in [1.807, 2.05) is 0 Å². The largest absolute Gasteiger partial charge is 0.478 e. The van der Waals surface area contributed by atoms with Crippen LogP contribution < -0.4 is 10.6 Å². The molecule has 0 unspecified atom stereocenters. The first-order chi connectivity index (χ1) is 9.97. The molecule has 1 aromatic rings. The molecule has 0 aromatic heterocycles. The van der Waals surface area contributed by atoms with Crippen molar-refractivity contribution in [1.82, 2.24) is 5.32 Å². The molecule has 21 heavy (non-hydrogen) atoms. The van der Waals surface area contributed by atoms with Gasteiger partial charge in [-0.15, -0.1) is 0 Å². The minimum atomic E-state index is -1.22. The van der Waals surface area contributed by atoms with Crippen LogP contribution in [0.4, 0.5) is 10.5 Å². The molecule has 1 aromatic carbocycles. The van der Waals surface area contributed by atoms with Crippen molar-refractivity contribution < 1.29 is 19.4 Å². The van der Waals surface area contributed by atoms with Gasteiger partial charge in [-0.1, -0.05) is 23.2 Å². The molecule has 6 nitrogen and oxygen atoms in total. The van der Waals surface area contributed by atoms with Crippen LogP contribution in [-0.2, 0) is 4.74 Å². The van der Waals surface area contributed by atoms with Crippen LogP contribution in [-0.4, -0.2) is 36.4 Å². The van der Waals surface area contributed by atoms with E-state index in [4.69, 9.17) is 33.0 Å². The normalized spacial score (nSPS) is 15.5. The SMILES string of the molecule is O=C(Nc1c(Cl)cc(Cl)cc1C(=O)O)NC1CCOCC1. The van der Waals surface area contributed by atoms with Crippen LogP contribution in [0.5, 0.6) is 0 Å². The molecule has 2 amide bonds. The summed E-state index contributed by atoms with van der Waals surface area (Å²) in [4.78, 5) is 23.1. The number of anilines is 1. The predicted octanol–water partition coefficient (Wildman–Crippen LogP) is 2.99. The molecule has 0 bridgehead atoms. The predicted molar refractivity (Wildman–Crippen MR) is 79.4 cm³/mol. The summed E-state index contributed by atoms with van der Waals surface area (Å²) in [6, 6.07) is 2.10. The van der Waals surface area contributed by atoms with Crippen molar-refractivity contribution in [3.63, 3.8) is 0 Å². The fourth-order valence-electron chi connectivity index (χ4n) is 2.05. The number of carbonyl (C=O) groups is 2. The summed E-state index contributed by atoms with van der Waals surface area (Å²) in [6.45, 7) is 1.18. The van der Waals surface area contributed by atoms with Crippen LogP contribution >= 0.6 is 23.2 Å². The third-order valence-electron chi connectivity index (χ3n) is 3.08. The molecule has 1 aliphatic heterocycles. The lowest BCUT2D eigenvalue weighted by molar-refractivity contribution is 0.0698. The lowest BCUT2D eigenvalue weighted by atomic mass is 10.1. The zero-order valence-electron chi connectivity index (χ0n) is 11.0. The monoisotopic (exact) mass is 332 g/mol. The Labute approximate surface area is 131 Å². The van der Waals surface area contributed by atoms with Gasteiger partial charge < -0.3 is 20.5 Å². The van der Waals surface area contributed by atoms with Gasteiger partial charge in [-0.05, 0) is 25.0 Å². The van der Waals surface area contributed by atoms with Crippen molar-refractivity contribution >= 4 is 40.9 Å². The van der Waals surface area contributed by atoms with Crippen molar-refractivity contribution in [2.24, 2.45) is 0 Å². The van der Waals surface area contributed by atoms with Gasteiger partial charge in [0.25, 0.3) is 0 Å². The number of hydrogen-bond acceptors (Lipinski definition) is 3. The minimum absolute atomic E-state index is 0.00176. The van der Waals surface area contributed by atoms with Crippen LogP contribution in [0.3, 0.4) is 0 Å². The highest BCUT2D eigenvalue weighted by Crippen LogP contribution is 2.30. The summed E-state index contributed by atoms with van der Waals surface area (Å²) in [5.74, 6) is -1.22. The van der Waals surface area contributed by atoms with E-state index in [2.05, 4.69) is 10.6 Å². The summed E-state index contributed by atoms with van der Waals surface area (Å²) in [5.41, 5.74) is -0.132. The van der Waals surface area contributed by atoms with E-state index in [-0.39, 0.29) is 27.3 Å². The van der Waals surface area contributed by atoms with Gasteiger partial charge in [-0.25, -0.2) is 9.59 Å². The number of rotatable bonds is 3. The number of hydrogen-bond donors (Lipinski definition) is 3. The van der Waals surface area contributed by atoms with Crippen molar-refractivity contribution in [3.8, 4) is 0 Å². The molecule has 1 aliphatic rings. The molecule has 0 saturated carbocycles. The quantitative estimate of drug-likeness (QED) is 0.793. The van der Waals surface area contributed by atoms with E-state index in [9.17, 15) is 9.59 Å². The fourth-order valence-corrected chi connectivity index (χ4v) is 2.59.